The van der Waals surface area contributed by atoms with Crippen LogP contribution >= 0.6 is 23.4 Å². The van der Waals surface area contributed by atoms with Gasteiger partial charge in [0.15, 0.2) is 11.6 Å². The van der Waals surface area contributed by atoms with E-state index < -0.39 is 5.82 Å². The monoisotopic (exact) mass is 298 g/mol. The first kappa shape index (κ1) is 14.0. The van der Waals surface area contributed by atoms with Crippen LogP contribution in [-0.2, 0) is 0 Å². The number of rotatable bonds is 4. The van der Waals surface area contributed by atoms with Gasteiger partial charge in [-0.2, -0.15) is 0 Å². The molecule has 2 aromatic rings. The molecule has 1 aromatic heterocycles. The van der Waals surface area contributed by atoms with Gasteiger partial charge in [-0.15, -0.1) is 0 Å². The normalized spacial score (nSPS) is 10.5. The Labute approximate surface area is 119 Å². The average Bonchev–Trinajstić information content (AvgIpc) is 2.38. The molecule has 0 aliphatic carbocycles. The van der Waals surface area contributed by atoms with Gasteiger partial charge in [0.2, 0.25) is 0 Å². The molecule has 0 saturated carbocycles. The summed E-state index contributed by atoms with van der Waals surface area (Å²) < 4.78 is 18.8. The maximum atomic E-state index is 13.6. The van der Waals surface area contributed by atoms with Gasteiger partial charge in [-0.1, -0.05) is 23.4 Å². The van der Waals surface area contributed by atoms with E-state index in [1.807, 2.05) is 0 Å². The Kier molecular flexibility index (Phi) is 4.50. The molecule has 0 bridgehead atoms. The quantitative estimate of drug-likeness (QED) is 0.867. The van der Waals surface area contributed by atoms with Crippen molar-refractivity contribution in [1.29, 1.82) is 0 Å². The van der Waals surface area contributed by atoms with Crippen molar-refractivity contribution in [3.05, 3.63) is 41.3 Å². The minimum atomic E-state index is -0.476. The summed E-state index contributed by atoms with van der Waals surface area (Å²) >= 11 is 7.30. The number of hydrogen-bond donors (Lipinski definition) is 1. The zero-order valence-electron chi connectivity index (χ0n) is 10.2. The van der Waals surface area contributed by atoms with Gasteiger partial charge in [-0.05, 0) is 25.1 Å². The molecular weight excluding hydrogens is 287 g/mol. The summed E-state index contributed by atoms with van der Waals surface area (Å²) in [5.74, 6) is -0.304. The SMILES string of the molecule is CCOc1cc(Sc2ncccc2Cl)c(N)cc1F. The van der Waals surface area contributed by atoms with E-state index in [9.17, 15) is 4.39 Å². The molecule has 0 saturated heterocycles. The van der Waals surface area contributed by atoms with E-state index in [0.717, 1.165) is 0 Å². The zero-order chi connectivity index (χ0) is 13.8. The molecule has 0 radical (unpaired) electrons. The number of nitrogens with two attached hydrogens (primary N) is 1. The van der Waals surface area contributed by atoms with Crippen LogP contribution in [0.3, 0.4) is 0 Å². The molecule has 2 N–H and O–H groups in total. The van der Waals surface area contributed by atoms with E-state index >= 15 is 0 Å². The molecule has 19 heavy (non-hydrogen) atoms. The van der Waals surface area contributed by atoms with Gasteiger partial charge in [0, 0.05) is 22.8 Å². The predicted molar refractivity (Wildman–Crippen MR) is 75.4 cm³/mol. The number of anilines is 1. The van der Waals surface area contributed by atoms with Crippen LogP contribution in [0.4, 0.5) is 10.1 Å². The van der Waals surface area contributed by atoms with Crippen molar-refractivity contribution in [3.63, 3.8) is 0 Å². The Morgan fingerprint density at radius 3 is 2.95 bits per heavy atom. The fraction of sp³-hybridized carbons (Fsp3) is 0.154. The number of aromatic nitrogens is 1. The van der Waals surface area contributed by atoms with Gasteiger partial charge in [0.1, 0.15) is 5.03 Å². The average molecular weight is 299 g/mol. The first-order chi connectivity index (χ1) is 9.11. The molecule has 0 spiro atoms. The highest BCUT2D eigenvalue weighted by Crippen LogP contribution is 2.37. The first-order valence-corrected chi connectivity index (χ1v) is 6.81. The van der Waals surface area contributed by atoms with Crippen LogP contribution in [0.25, 0.3) is 0 Å². The summed E-state index contributed by atoms with van der Waals surface area (Å²) in [5, 5.41) is 1.14. The second kappa shape index (κ2) is 6.12. The van der Waals surface area contributed by atoms with Crippen molar-refractivity contribution in [2.45, 2.75) is 16.8 Å². The van der Waals surface area contributed by atoms with E-state index in [1.54, 1.807) is 31.3 Å². The molecule has 0 atom stereocenters. The van der Waals surface area contributed by atoms with Crippen LogP contribution in [0.2, 0.25) is 5.02 Å². The maximum Gasteiger partial charge on any atom is 0.167 e. The lowest BCUT2D eigenvalue weighted by atomic mass is 10.3. The topological polar surface area (TPSA) is 48.1 Å². The van der Waals surface area contributed by atoms with Gasteiger partial charge < -0.3 is 10.5 Å². The molecule has 1 aromatic carbocycles. The van der Waals surface area contributed by atoms with Crippen molar-refractivity contribution in [1.82, 2.24) is 4.98 Å². The summed E-state index contributed by atoms with van der Waals surface area (Å²) in [6, 6.07) is 6.28. The second-order valence-electron chi connectivity index (χ2n) is 3.65. The molecule has 1 heterocycles. The highest BCUT2D eigenvalue weighted by molar-refractivity contribution is 7.99. The van der Waals surface area contributed by atoms with Crippen LogP contribution < -0.4 is 10.5 Å². The van der Waals surface area contributed by atoms with Crippen LogP contribution in [-0.4, -0.2) is 11.6 Å². The van der Waals surface area contributed by atoms with Crippen LogP contribution in [0.5, 0.6) is 5.75 Å². The van der Waals surface area contributed by atoms with Crippen LogP contribution in [0.15, 0.2) is 40.4 Å². The lowest BCUT2D eigenvalue weighted by molar-refractivity contribution is 0.321. The summed E-state index contributed by atoms with van der Waals surface area (Å²) in [7, 11) is 0. The Hall–Kier alpha value is -1.46. The molecule has 6 heteroatoms. The largest absolute Gasteiger partial charge is 0.491 e. The van der Waals surface area contributed by atoms with Gasteiger partial charge in [0.05, 0.1) is 11.6 Å². The lowest BCUT2D eigenvalue weighted by Gasteiger charge is -2.10. The Morgan fingerprint density at radius 2 is 2.26 bits per heavy atom. The van der Waals surface area contributed by atoms with Crippen molar-refractivity contribution in [2.24, 2.45) is 0 Å². The third kappa shape index (κ3) is 3.30. The molecule has 2 rings (SSSR count). The predicted octanol–water partition coefficient (Wildman–Crippen LogP) is 4.01. The van der Waals surface area contributed by atoms with Crippen molar-refractivity contribution < 1.29 is 9.13 Å². The zero-order valence-corrected chi connectivity index (χ0v) is 11.8. The maximum absolute atomic E-state index is 13.6. The molecular formula is C13H12ClFN2OS. The molecule has 0 amide bonds. The highest BCUT2D eigenvalue weighted by atomic mass is 35.5. The fourth-order valence-electron chi connectivity index (χ4n) is 1.46. The third-order valence-electron chi connectivity index (χ3n) is 2.30. The molecule has 0 fully saturated rings. The van der Waals surface area contributed by atoms with Crippen molar-refractivity contribution in [2.75, 3.05) is 12.3 Å². The van der Waals surface area contributed by atoms with E-state index in [0.29, 0.717) is 27.2 Å². The Bertz CT molecular complexity index is 595. The number of benzene rings is 1. The number of halogens is 2. The number of nitrogens with zero attached hydrogens (tertiary/aromatic N) is 1. The highest BCUT2D eigenvalue weighted by Gasteiger charge is 2.12. The van der Waals surface area contributed by atoms with Gasteiger partial charge in [-0.3, -0.25) is 0 Å². The Balaban J connectivity index is 2.34. The third-order valence-corrected chi connectivity index (χ3v) is 3.80. The molecule has 0 aliphatic rings. The molecule has 0 aliphatic heterocycles. The molecule has 0 unspecified atom stereocenters. The minimum absolute atomic E-state index is 0.172. The number of pyridine rings is 1. The van der Waals surface area contributed by atoms with E-state index in [1.165, 1.54) is 17.8 Å². The van der Waals surface area contributed by atoms with E-state index in [2.05, 4.69) is 4.98 Å². The van der Waals surface area contributed by atoms with Gasteiger partial charge in [-0.25, -0.2) is 9.37 Å². The second-order valence-corrected chi connectivity index (χ2v) is 5.08. The Morgan fingerprint density at radius 1 is 1.47 bits per heavy atom. The number of nitrogen functional groups attached to an aromatic ring is 1. The smallest absolute Gasteiger partial charge is 0.167 e. The number of hydrogen-bond acceptors (Lipinski definition) is 4. The summed E-state index contributed by atoms with van der Waals surface area (Å²) in [6.07, 6.45) is 1.64. The number of ether oxygens (including phenoxy) is 1. The van der Waals surface area contributed by atoms with E-state index in [4.69, 9.17) is 22.1 Å². The lowest BCUT2D eigenvalue weighted by Crippen LogP contribution is -1.98. The summed E-state index contributed by atoms with van der Waals surface area (Å²) in [4.78, 5) is 4.81. The standard InChI is InChI=1S/C13H12ClFN2OS/c1-2-18-11-7-12(10(16)6-9(11)15)19-13-8(14)4-3-5-17-13/h3-7H,2,16H2,1H3. The summed E-state index contributed by atoms with van der Waals surface area (Å²) in [5.41, 5.74) is 6.12. The van der Waals surface area contributed by atoms with Crippen molar-refractivity contribution in [3.8, 4) is 5.75 Å². The van der Waals surface area contributed by atoms with E-state index in [-0.39, 0.29) is 5.75 Å². The summed E-state index contributed by atoms with van der Waals surface area (Å²) in [6.45, 7) is 2.17. The van der Waals surface area contributed by atoms with Crippen LogP contribution in [0.1, 0.15) is 6.92 Å². The molecule has 100 valence electrons. The fourth-order valence-corrected chi connectivity index (χ4v) is 2.52. The molecule has 3 nitrogen and oxygen atoms in total. The first-order valence-electron chi connectivity index (χ1n) is 5.62. The van der Waals surface area contributed by atoms with Gasteiger partial charge in [0.25, 0.3) is 0 Å². The van der Waals surface area contributed by atoms with Crippen LogP contribution in [0, 0.1) is 5.82 Å². The minimum Gasteiger partial charge on any atom is -0.491 e. The van der Waals surface area contributed by atoms with Crippen molar-refractivity contribution >= 4 is 29.1 Å². The van der Waals surface area contributed by atoms with Gasteiger partial charge >= 0.3 is 0 Å².